The minimum absolute atomic E-state index is 0.00214. The number of nitro groups is 1. The second kappa shape index (κ2) is 5.79. The van der Waals surface area contributed by atoms with Crippen LogP contribution in [-0.4, -0.2) is 21.0 Å². The van der Waals surface area contributed by atoms with Gasteiger partial charge in [-0.05, 0) is 28.1 Å². The minimum atomic E-state index is -1.08. The molecule has 0 fully saturated rings. The van der Waals surface area contributed by atoms with Crippen LogP contribution in [0.2, 0.25) is 0 Å². The summed E-state index contributed by atoms with van der Waals surface area (Å²) in [4.78, 5) is 24.8. The lowest BCUT2D eigenvalue weighted by atomic mass is 10.1. The summed E-state index contributed by atoms with van der Waals surface area (Å²) in [5.74, 6) is -1.48. The third-order valence-electron chi connectivity index (χ3n) is 2.55. The molecular formula is C13H10N2O5. The average Bonchev–Trinajstić information content (AvgIpc) is 2.45. The Kier molecular flexibility index (Phi) is 3.90. The Morgan fingerprint density at radius 3 is 2.75 bits per heavy atom. The van der Waals surface area contributed by atoms with Crippen LogP contribution < -0.4 is 4.74 Å². The van der Waals surface area contributed by atoms with Crippen molar-refractivity contribution in [2.45, 2.75) is 6.61 Å². The van der Waals surface area contributed by atoms with E-state index < -0.39 is 16.7 Å². The van der Waals surface area contributed by atoms with Crippen molar-refractivity contribution in [3.63, 3.8) is 0 Å². The Labute approximate surface area is 113 Å². The maximum Gasteiger partial charge on any atom is 0.406 e. The van der Waals surface area contributed by atoms with Gasteiger partial charge in [-0.15, -0.1) is 0 Å². The maximum absolute atomic E-state index is 11.0. The van der Waals surface area contributed by atoms with Crippen molar-refractivity contribution in [2.75, 3.05) is 0 Å². The molecule has 1 heterocycles. The lowest BCUT2D eigenvalue weighted by Gasteiger charge is -2.08. The Balaban J connectivity index is 2.22. The highest BCUT2D eigenvalue weighted by molar-refractivity contribution is 5.89. The Morgan fingerprint density at radius 2 is 2.05 bits per heavy atom. The van der Waals surface area contributed by atoms with Gasteiger partial charge in [0, 0.05) is 5.56 Å². The molecule has 7 nitrogen and oxygen atoms in total. The topological polar surface area (TPSA) is 103 Å². The van der Waals surface area contributed by atoms with Crippen LogP contribution in [0, 0.1) is 10.1 Å². The number of aromatic carboxylic acids is 1. The van der Waals surface area contributed by atoms with E-state index in [2.05, 4.69) is 4.98 Å². The fraction of sp³-hybridized carbons (Fsp3) is 0.0769. The number of hydrogen-bond donors (Lipinski definition) is 1. The van der Waals surface area contributed by atoms with E-state index in [-0.39, 0.29) is 17.9 Å². The number of pyridine rings is 1. The van der Waals surface area contributed by atoms with Crippen LogP contribution in [0.15, 0.2) is 42.6 Å². The SMILES string of the molecule is O=C(O)c1ccccc1COc1cccnc1[N+](=O)[O-]. The lowest BCUT2D eigenvalue weighted by molar-refractivity contribution is -0.390. The molecule has 2 aromatic rings. The molecule has 1 aromatic carbocycles. The predicted molar refractivity (Wildman–Crippen MR) is 68.6 cm³/mol. The molecule has 0 bridgehead atoms. The van der Waals surface area contributed by atoms with Gasteiger partial charge in [0.25, 0.3) is 0 Å². The highest BCUT2D eigenvalue weighted by atomic mass is 16.6. The molecule has 0 atom stereocenters. The summed E-state index contributed by atoms with van der Waals surface area (Å²) in [7, 11) is 0. The number of aromatic nitrogens is 1. The van der Waals surface area contributed by atoms with Crippen LogP contribution in [0.5, 0.6) is 5.75 Å². The summed E-state index contributed by atoms with van der Waals surface area (Å²) in [5.41, 5.74) is 0.525. The number of carboxylic acid groups (broad SMARTS) is 1. The number of benzene rings is 1. The number of carbonyl (C=O) groups is 1. The van der Waals surface area contributed by atoms with E-state index in [9.17, 15) is 14.9 Å². The van der Waals surface area contributed by atoms with Gasteiger partial charge in [0.05, 0.1) is 5.56 Å². The Hall–Kier alpha value is -2.96. The molecule has 20 heavy (non-hydrogen) atoms. The van der Waals surface area contributed by atoms with Crippen molar-refractivity contribution in [1.29, 1.82) is 0 Å². The molecule has 0 radical (unpaired) electrons. The molecule has 0 amide bonds. The van der Waals surface area contributed by atoms with Crippen molar-refractivity contribution in [3.05, 3.63) is 63.8 Å². The van der Waals surface area contributed by atoms with E-state index in [0.717, 1.165) is 0 Å². The summed E-state index contributed by atoms with van der Waals surface area (Å²) in [6, 6.07) is 9.21. The molecular weight excluding hydrogens is 264 g/mol. The van der Waals surface area contributed by atoms with Gasteiger partial charge >= 0.3 is 11.8 Å². The molecule has 0 unspecified atom stereocenters. The minimum Gasteiger partial charge on any atom is -0.481 e. The summed E-state index contributed by atoms with van der Waals surface area (Å²) in [6.45, 7) is -0.0883. The lowest BCUT2D eigenvalue weighted by Crippen LogP contribution is -2.06. The molecule has 0 aliphatic carbocycles. The second-order valence-electron chi connectivity index (χ2n) is 3.83. The highest BCUT2D eigenvalue weighted by Gasteiger charge is 2.16. The van der Waals surface area contributed by atoms with E-state index in [1.165, 1.54) is 24.4 Å². The van der Waals surface area contributed by atoms with Crippen molar-refractivity contribution in [3.8, 4) is 5.75 Å². The van der Waals surface area contributed by atoms with Gasteiger partial charge in [-0.3, -0.25) is 0 Å². The van der Waals surface area contributed by atoms with E-state index >= 15 is 0 Å². The summed E-state index contributed by atoms with van der Waals surface area (Å²) >= 11 is 0. The molecule has 2 rings (SSSR count). The molecule has 0 aliphatic heterocycles. The van der Waals surface area contributed by atoms with Crippen molar-refractivity contribution in [2.24, 2.45) is 0 Å². The van der Waals surface area contributed by atoms with Gasteiger partial charge in [0.2, 0.25) is 5.75 Å². The standard InChI is InChI=1S/C13H10N2O5/c16-13(17)10-5-2-1-4-9(10)8-20-11-6-3-7-14-12(11)15(18)19/h1-7H,8H2,(H,16,17). The van der Waals surface area contributed by atoms with E-state index in [1.54, 1.807) is 18.2 Å². The molecule has 102 valence electrons. The van der Waals surface area contributed by atoms with Crippen LogP contribution in [0.25, 0.3) is 0 Å². The first-order chi connectivity index (χ1) is 9.59. The van der Waals surface area contributed by atoms with Crippen LogP contribution >= 0.6 is 0 Å². The van der Waals surface area contributed by atoms with Crippen molar-refractivity contribution in [1.82, 2.24) is 4.98 Å². The first kappa shape index (κ1) is 13.5. The van der Waals surface area contributed by atoms with E-state index in [4.69, 9.17) is 9.84 Å². The highest BCUT2D eigenvalue weighted by Crippen LogP contribution is 2.24. The second-order valence-corrected chi connectivity index (χ2v) is 3.83. The molecule has 1 aromatic heterocycles. The Bertz CT molecular complexity index is 599. The predicted octanol–water partition coefficient (Wildman–Crippen LogP) is 2.27. The zero-order chi connectivity index (χ0) is 14.5. The van der Waals surface area contributed by atoms with Crippen LogP contribution in [0.4, 0.5) is 5.82 Å². The number of hydrogen-bond acceptors (Lipinski definition) is 5. The molecule has 0 saturated carbocycles. The zero-order valence-corrected chi connectivity index (χ0v) is 10.2. The molecule has 0 spiro atoms. The molecule has 1 N–H and O–H groups in total. The molecule has 0 saturated heterocycles. The number of nitrogens with zero attached hydrogens (tertiary/aromatic N) is 2. The largest absolute Gasteiger partial charge is 0.481 e. The quantitative estimate of drug-likeness (QED) is 0.662. The smallest absolute Gasteiger partial charge is 0.406 e. The van der Waals surface area contributed by atoms with Gasteiger partial charge in [0.15, 0.2) is 0 Å². The molecule has 0 aliphatic rings. The molecule has 7 heteroatoms. The Morgan fingerprint density at radius 1 is 1.30 bits per heavy atom. The van der Waals surface area contributed by atoms with Crippen molar-refractivity contribution >= 4 is 11.8 Å². The van der Waals surface area contributed by atoms with Gasteiger partial charge in [-0.25, -0.2) is 4.79 Å². The van der Waals surface area contributed by atoms with Gasteiger partial charge in [0.1, 0.15) is 12.8 Å². The first-order valence-electron chi connectivity index (χ1n) is 5.63. The summed E-state index contributed by atoms with van der Waals surface area (Å²) in [5, 5.41) is 19.8. The normalized spacial score (nSPS) is 10.0. The summed E-state index contributed by atoms with van der Waals surface area (Å²) in [6.07, 6.45) is 1.29. The summed E-state index contributed by atoms with van der Waals surface area (Å²) < 4.78 is 5.31. The third-order valence-corrected chi connectivity index (χ3v) is 2.55. The van der Waals surface area contributed by atoms with Gasteiger partial charge in [-0.2, -0.15) is 0 Å². The monoisotopic (exact) mass is 274 g/mol. The van der Waals surface area contributed by atoms with Gasteiger partial charge in [-0.1, -0.05) is 18.2 Å². The van der Waals surface area contributed by atoms with Crippen LogP contribution in [0.1, 0.15) is 15.9 Å². The number of ether oxygens (including phenoxy) is 1. The fourth-order valence-electron chi connectivity index (χ4n) is 1.64. The van der Waals surface area contributed by atoms with Crippen LogP contribution in [-0.2, 0) is 6.61 Å². The van der Waals surface area contributed by atoms with Crippen molar-refractivity contribution < 1.29 is 19.6 Å². The number of carboxylic acids is 1. The first-order valence-corrected chi connectivity index (χ1v) is 5.63. The average molecular weight is 274 g/mol. The van der Waals surface area contributed by atoms with E-state index in [0.29, 0.717) is 5.56 Å². The number of rotatable bonds is 5. The van der Waals surface area contributed by atoms with Crippen LogP contribution in [0.3, 0.4) is 0 Å². The fourth-order valence-corrected chi connectivity index (χ4v) is 1.64. The maximum atomic E-state index is 11.0. The third kappa shape index (κ3) is 2.89. The zero-order valence-electron chi connectivity index (χ0n) is 10.2. The van der Waals surface area contributed by atoms with Gasteiger partial charge < -0.3 is 20.0 Å². The van der Waals surface area contributed by atoms with E-state index in [1.807, 2.05) is 0 Å².